The predicted octanol–water partition coefficient (Wildman–Crippen LogP) is 6.57. The maximum absolute atomic E-state index is 12.7. The van der Waals surface area contributed by atoms with Crippen molar-refractivity contribution in [2.24, 2.45) is 7.05 Å². The second kappa shape index (κ2) is 10.4. The fourth-order valence-corrected chi connectivity index (χ4v) is 2.93. The van der Waals surface area contributed by atoms with Crippen LogP contribution in [0.15, 0.2) is 54.9 Å². The molecule has 2 aromatic carbocycles. The van der Waals surface area contributed by atoms with Crippen molar-refractivity contribution in [3.63, 3.8) is 0 Å². The van der Waals surface area contributed by atoms with Crippen molar-refractivity contribution >= 4 is 11.6 Å². The van der Waals surface area contributed by atoms with Gasteiger partial charge in [-0.05, 0) is 49.1 Å². The molecule has 0 bridgehead atoms. The number of rotatable bonds is 5. The highest BCUT2D eigenvalue weighted by Gasteiger charge is 2.32. The first-order valence-corrected chi connectivity index (χ1v) is 9.53. The molecule has 0 aliphatic heterocycles. The van der Waals surface area contributed by atoms with E-state index in [1.807, 2.05) is 31.2 Å². The Kier molecular flexibility index (Phi) is 8.23. The van der Waals surface area contributed by atoms with Crippen LogP contribution in [0.1, 0.15) is 31.7 Å². The minimum absolute atomic E-state index is 0.241. The lowest BCUT2D eigenvalue weighted by Crippen LogP contribution is -2.17. The summed E-state index contributed by atoms with van der Waals surface area (Å²) in [6, 6.07) is 13.4. The fourth-order valence-electron chi connectivity index (χ4n) is 2.81. The summed E-state index contributed by atoms with van der Waals surface area (Å²) in [5, 5.41) is 8.08. The molecule has 0 fully saturated rings. The topological polar surface area (TPSA) is 39.9 Å². The van der Waals surface area contributed by atoms with Crippen LogP contribution in [-0.4, -0.2) is 27.3 Å². The van der Waals surface area contributed by atoms with Gasteiger partial charge in [-0.25, -0.2) is 4.39 Å². The summed E-state index contributed by atoms with van der Waals surface area (Å²) in [6.07, 6.45) is -3.50. The van der Waals surface area contributed by atoms with Gasteiger partial charge in [-0.2, -0.15) is 0 Å². The Bertz CT molecular complexity index is 927. The van der Waals surface area contributed by atoms with Crippen LogP contribution >= 0.6 is 11.6 Å². The van der Waals surface area contributed by atoms with E-state index in [9.17, 15) is 17.6 Å². The van der Waals surface area contributed by atoms with Gasteiger partial charge < -0.3 is 9.30 Å². The van der Waals surface area contributed by atoms with Gasteiger partial charge in [0, 0.05) is 12.1 Å². The number of ether oxygens (including phenoxy) is 1. The molecule has 1 heterocycles. The Balaban J connectivity index is 0.000000222. The molecule has 30 heavy (non-hydrogen) atoms. The van der Waals surface area contributed by atoms with Crippen LogP contribution in [0.3, 0.4) is 0 Å². The molecule has 0 saturated heterocycles. The second-order valence-electron chi connectivity index (χ2n) is 6.78. The maximum Gasteiger partial charge on any atom is 0.573 e. The first-order valence-electron chi connectivity index (χ1n) is 9.15. The number of nitrogens with zero attached hydrogens (tertiary/aromatic N) is 3. The van der Waals surface area contributed by atoms with E-state index in [-0.39, 0.29) is 17.2 Å². The molecule has 0 N–H and O–H groups in total. The molecule has 0 saturated carbocycles. The summed E-state index contributed by atoms with van der Waals surface area (Å²) in [4.78, 5) is 0. The van der Waals surface area contributed by atoms with E-state index in [1.54, 1.807) is 20.0 Å². The molecule has 1 unspecified atom stereocenters. The van der Waals surface area contributed by atoms with Crippen LogP contribution in [-0.2, 0) is 7.05 Å². The predicted molar refractivity (Wildman–Crippen MR) is 108 cm³/mol. The van der Waals surface area contributed by atoms with E-state index in [0.717, 1.165) is 10.6 Å². The Labute approximate surface area is 177 Å². The molecule has 9 heteroatoms. The molecule has 0 aliphatic rings. The van der Waals surface area contributed by atoms with Crippen LogP contribution in [0.2, 0.25) is 5.02 Å². The van der Waals surface area contributed by atoms with Gasteiger partial charge >= 0.3 is 6.36 Å². The molecule has 2 atom stereocenters. The summed E-state index contributed by atoms with van der Waals surface area (Å²) in [7, 11) is 1.64. The summed E-state index contributed by atoms with van der Waals surface area (Å²) >= 11 is 5.75. The summed E-state index contributed by atoms with van der Waals surface area (Å²) in [5.41, 5.74) is 1.39. The minimum atomic E-state index is -4.73. The monoisotopic (exact) mass is 443 g/mol. The third-order valence-electron chi connectivity index (χ3n) is 4.18. The lowest BCUT2D eigenvalue weighted by atomic mass is 9.96. The molecule has 162 valence electrons. The van der Waals surface area contributed by atoms with Crippen molar-refractivity contribution in [1.29, 1.82) is 0 Å². The zero-order valence-corrected chi connectivity index (χ0v) is 17.5. The number of hydrogen-bond acceptors (Lipinski definition) is 3. The maximum atomic E-state index is 12.7. The van der Waals surface area contributed by atoms with Gasteiger partial charge in [0.25, 0.3) is 0 Å². The van der Waals surface area contributed by atoms with E-state index in [2.05, 4.69) is 14.9 Å². The van der Waals surface area contributed by atoms with Crippen molar-refractivity contribution in [2.75, 3.05) is 0 Å². The third-order valence-corrected chi connectivity index (χ3v) is 4.43. The number of alkyl halides is 4. The largest absolute Gasteiger partial charge is 0.573 e. The summed E-state index contributed by atoms with van der Waals surface area (Å²) in [5.74, 6) is 0.276. The molecule has 0 aliphatic carbocycles. The molecule has 3 aromatic rings. The number of benzene rings is 2. The van der Waals surface area contributed by atoms with E-state index >= 15 is 0 Å². The minimum Gasteiger partial charge on any atom is -0.405 e. The molecule has 4 nitrogen and oxygen atoms in total. The molecule has 3 rings (SSSR count). The van der Waals surface area contributed by atoms with Crippen molar-refractivity contribution in [3.05, 3.63) is 65.4 Å². The van der Waals surface area contributed by atoms with Crippen LogP contribution < -0.4 is 4.74 Å². The first kappa shape index (κ1) is 23.7. The van der Waals surface area contributed by atoms with Gasteiger partial charge in [0.15, 0.2) is 5.82 Å². The van der Waals surface area contributed by atoms with Crippen LogP contribution in [0.4, 0.5) is 17.6 Å². The lowest BCUT2D eigenvalue weighted by molar-refractivity contribution is -0.274. The highest BCUT2D eigenvalue weighted by atomic mass is 35.5. The molecule has 1 aromatic heterocycles. The Morgan fingerprint density at radius 2 is 1.70 bits per heavy atom. The van der Waals surface area contributed by atoms with Gasteiger partial charge in [0.1, 0.15) is 12.1 Å². The summed E-state index contributed by atoms with van der Waals surface area (Å²) < 4.78 is 54.7. The highest BCUT2D eigenvalue weighted by molar-refractivity contribution is 6.30. The van der Waals surface area contributed by atoms with Crippen molar-refractivity contribution in [3.8, 4) is 17.1 Å². The number of aromatic nitrogens is 3. The quantitative estimate of drug-likeness (QED) is 0.418. The molecule has 0 radical (unpaired) electrons. The third kappa shape index (κ3) is 7.33. The normalized spacial score (nSPS) is 13.2. The van der Waals surface area contributed by atoms with Crippen molar-refractivity contribution < 1.29 is 22.3 Å². The number of aryl methyl sites for hydroxylation is 1. The Morgan fingerprint density at radius 3 is 2.23 bits per heavy atom. The molecule has 0 spiro atoms. The number of halogens is 5. The smallest absolute Gasteiger partial charge is 0.405 e. The van der Waals surface area contributed by atoms with Crippen LogP contribution in [0, 0.1) is 0 Å². The fraction of sp³-hybridized carbons (Fsp3) is 0.333. The van der Waals surface area contributed by atoms with Gasteiger partial charge in [-0.15, -0.1) is 23.4 Å². The second-order valence-corrected chi connectivity index (χ2v) is 7.21. The zero-order chi connectivity index (χ0) is 22.3. The van der Waals surface area contributed by atoms with Gasteiger partial charge in [-0.1, -0.05) is 42.8 Å². The first-order chi connectivity index (χ1) is 14.1. The average molecular weight is 444 g/mol. The number of para-hydroxylation sites is 1. The average Bonchev–Trinajstić information content (AvgIpc) is 3.07. The van der Waals surface area contributed by atoms with Crippen LogP contribution in [0.25, 0.3) is 11.4 Å². The molecule has 0 amide bonds. The van der Waals surface area contributed by atoms with Crippen molar-refractivity contribution in [2.45, 2.75) is 38.7 Å². The number of hydrogen-bond donors (Lipinski definition) is 0. The zero-order valence-electron chi connectivity index (χ0n) is 16.7. The Morgan fingerprint density at radius 1 is 1.07 bits per heavy atom. The Hall–Kier alpha value is -2.61. The lowest BCUT2D eigenvalue weighted by Gasteiger charge is -2.12. The summed E-state index contributed by atoms with van der Waals surface area (Å²) in [6.45, 7) is 3.62. The standard InChI is InChI=1S/C11H14ClF.C10H8F3N3O/c1-8(7-9(2)13)10-3-5-11(12)6-4-10;1-16-6-14-15-9(16)7-4-2-3-5-8(7)17-10(11,12)13/h3-6,8-9H,7H2,1-2H3;2-6H,1H3/t8?,9-;/m0./s1. The molecular formula is C21H22ClF4N3O. The van der Waals surface area contributed by atoms with Gasteiger partial charge in [0.05, 0.1) is 11.7 Å². The SMILES string of the molecule is CC(C[C@H](C)F)c1ccc(Cl)cc1.Cn1cnnc1-c1ccccc1OC(F)(F)F. The van der Waals surface area contributed by atoms with E-state index in [1.165, 1.54) is 29.1 Å². The van der Waals surface area contributed by atoms with E-state index in [0.29, 0.717) is 12.2 Å². The van der Waals surface area contributed by atoms with E-state index in [4.69, 9.17) is 11.6 Å². The highest BCUT2D eigenvalue weighted by Crippen LogP contribution is 2.32. The molecular weight excluding hydrogens is 422 g/mol. The van der Waals surface area contributed by atoms with Crippen molar-refractivity contribution in [1.82, 2.24) is 14.8 Å². The van der Waals surface area contributed by atoms with Gasteiger partial charge in [-0.3, -0.25) is 0 Å². The van der Waals surface area contributed by atoms with Gasteiger partial charge in [0.2, 0.25) is 0 Å². The van der Waals surface area contributed by atoms with E-state index < -0.39 is 12.5 Å². The van der Waals surface area contributed by atoms with Crippen LogP contribution in [0.5, 0.6) is 5.75 Å².